The summed E-state index contributed by atoms with van der Waals surface area (Å²) in [4.78, 5) is 0.630. The van der Waals surface area contributed by atoms with Gasteiger partial charge in [-0.15, -0.1) is 10.2 Å². The number of benzene rings is 1. The summed E-state index contributed by atoms with van der Waals surface area (Å²) in [5, 5.41) is 17.6. The highest BCUT2D eigenvalue weighted by Gasteiger charge is 2.06. The van der Waals surface area contributed by atoms with Crippen LogP contribution in [0.5, 0.6) is 0 Å². The first-order valence-corrected chi connectivity index (χ1v) is 7.40. The zero-order valence-electron chi connectivity index (χ0n) is 10.3. The molecule has 0 amide bonds. The van der Waals surface area contributed by atoms with Crippen molar-refractivity contribution in [1.29, 1.82) is 5.26 Å². The molecule has 20 heavy (non-hydrogen) atoms. The Morgan fingerprint density at radius 3 is 2.90 bits per heavy atom. The molecule has 5 nitrogen and oxygen atoms in total. The molecule has 1 N–H and O–H groups in total. The Kier molecular flexibility index (Phi) is 5.35. The lowest BCUT2D eigenvalue weighted by Crippen LogP contribution is -2.23. The minimum absolute atomic E-state index is 0.310. The van der Waals surface area contributed by atoms with Crippen molar-refractivity contribution >= 4 is 40.6 Å². The van der Waals surface area contributed by atoms with Gasteiger partial charge in [-0.25, -0.2) is 4.68 Å². The molecule has 0 spiro atoms. The van der Waals surface area contributed by atoms with Gasteiger partial charge >= 0.3 is 0 Å². The first kappa shape index (κ1) is 14.8. The third-order valence-corrected chi connectivity index (χ3v) is 3.60. The Morgan fingerprint density at radius 1 is 1.45 bits per heavy atom. The molecule has 1 aromatic heterocycles. The summed E-state index contributed by atoms with van der Waals surface area (Å²) in [6.07, 6.45) is 2.11. The number of hydrogen-bond acceptors (Lipinski definition) is 5. The summed E-state index contributed by atoms with van der Waals surface area (Å²) >= 11 is 12.4. The lowest BCUT2D eigenvalue weighted by atomic mass is 10.1. The van der Waals surface area contributed by atoms with E-state index in [9.17, 15) is 0 Å². The van der Waals surface area contributed by atoms with Gasteiger partial charge in [-0.05, 0) is 17.7 Å². The van der Waals surface area contributed by atoms with Crippen molar-refractivity contribution in [2.45, 2.75) is 11.6 Å². The second kappa shape index (κ2) is 7.24. The number of rotatable bonds is 5. The predicted octanol–water partition coefficient (Wildman–Crippen LogP) is 2.66. The van der Waals surface area contributed by atoms with Crippen LogP contribution < -0.4 is 5.43 Å². The van der Waals surface area contributed by atoms with Crippen LogP contribution in [0.2, 0.25) is 5.02 Å². The highest BCUT2D eigenvalue weighted by Crippen LogP contribution is 2.13. The van der Waals surface area contributed by atoms with E-state index in [1.807, 2.05) is 30.3 Å². The molecule has 0 aliphatic rings. The van der Waals surface area contributed by atoms with Gasteiger partial charge in [0.1, 0.15) is 6.33 Å². The highest BCUT2D eigenvalue weighted by atomic mass is 35.5. The number of nitriles is 1. The van der Waals surface area contributed by atoms with Gasteiger partial charge in [0.05, 0.1) is 16.8 Å². The SMILES string of the molecule is N#CCSc1nncn1NC(=S)Cc1ccc(Cl)cc1. The first-order valence-electron chi connectivity index (χ1n) is 5.63. The molecule has 0 saturated heterocycles. The summed E-state index contributed by atoms with van der Waals surface area (Å²) in [7, 11) is 0. The Hall–Kier alpha value is -1.62. The molecule has 0 aliphatic carbocycles. The van der Waals surface area contributed by atoms with Crippen LogP contribution in [0.4, 0.5) is 0 Å². The number of nitrogens with one attached hydrogen (secondary N) is 1. The molecule has 1 heterocycles. The lowest BCUT2D eigenvalue weighted by molar-refractivity contribution is 0.831. The molecule has 2 aromatic rings. The zero-order valence-corrected chi connectivity index (χ0v) is 12.7. The number of thiocarbonyl (C=S) groups is 1. The molecule has 102 valence electrons. The van der Waals surface area contributed by atoms with Gasteiger partial charge in [-0.1, -0.05) is 47.7 Å². The normalized spacial score (nSPS) is 10.0. The smallest absolute Gasteiger partial charge is 0.211 e. The van der Waals surface area contributed by atoms with Crippen LogP contribution >= 0.6 is 35.6 Å². The summed E-state index contributed by atoms with van der Waals surface area (Å²) in [5.74, 6) is 0.310. The van der Waals surface area contributed by atoms with Gasteiger partial charge in [0.25, 0.3) is 0 Å². The van der Waals surface area contributed by atoms with Crippen LogP contribution in [-0.4, -0.2) is 25.6 Å². The molecule has 0 saturated carbocycles. The Labute approximate surface area is 130 Å². The number of halogens is 1. The van der Waals surface area contributed by atoms with Gasteiger partial charge in [0.2, 0.25) is 5.16 Å². The van der Waals surface area contributed by atoms with E-state index in [2.05, 4.69) is 15.6 Å². The van der Waals surface area contributed by atoms with Crippen LogP contribution in [0.3, 0.4) is 0 Å². The third kappa shape index (κ3) is 4.20. The van der Waals surface area contributed by atoms with Crippen LogP contribution in [0.1, 0.15) is 5.56 Å². The second-order valence-corrected chi connectivity index (χ2v) is 5.64. The lowest BCUT2D eigenvalue weighted by Gasteiger charge is -2.10. The van der Waals surface area contributed by atoms with E-state index in [0.29, 0.717) is 27.3 Å². The predicted molar refractivity (Wildman–Crippen MR) is 83.5 cm³/mol. The molecule has 0 unspecified atom stereocenters. The summed E-state index contributed by atoms with van der Waals surface area (Å²) in [5.41, 5.74) is 4.08. The first-order chi connectivity index (χ1) is 9.69. The quantitative estimate of drug-likeness (QED) is 0.674. The van der Waals surface area contributed by atoms with Crippen LogP contribution in [0, 0.1) is 11.3 Å². The molecular formula is C12H10ClN5S2. The number of nitrogens with zero attached hydrogens (tertiary/aromatic N) is 4. The van der Waals surface area contributed by atoms with Gasteiger partial charge in [-0.3, -0.25) is 5.43 Å². The standard InChI is InChI=1S/C12H10ClN5S2/c13-10-3-1-9(2-4-10)7-11(19)17-18-8-15-16-12(18)20-6-5-14/h1-4,8H,6-7H2,(H,17,19). The van der Waals surface area contributed by atoms with E-state index in [0.717, 1.165) is 5.56 Å². The molecule has 0 aliphatic heterocycles. The van der Waals surface area contributed by atoms with Crippen LogP contribution in [-0.2, 0) is 6.42 Å². The van der Waals surface area contributed by atoms with E-state index < -0.39 is 0 Å². The van der Waals surface area contributed by atoms with E-state index in [-0.39, 0.29) is 0 Å². The highest BCUT2D eigenvalue weighted by molar-refractivity contribution is 7.99. The maximum absolute atomic E-state index is 8.57. The molecule has 0 radical (unpaired) electrons. The van der Waals surface area contributed by atoms with Crippen molar-refractivity contribution in [3.8, 4) is 6.07 Å². The van der Waals surface area contributed by atoms with Gasteiger partial charge in [0, 0.05) is 11.4 Å². The number of thioether (sulfide) groups is 1. The summed E-state index contributed by atoms with van der Waals surface area (Å²) in [6, 6.07) is 9.54. The largest absolute Gasteiger partial charge is 0.284 e. The third-order valence-electron chi connectivity index (χ3n) is 2.31. The molecule has 8 heteroatoms. The molecule has 1 aromatic carbocycles. The molecule has 0 fully saturated rings. The maximum atomic E-state index is 8.57. The van der Waals surface area contributed by atoms with Crippen molar-refractivity contribution in [3.05, 3.63) is 41.2 Å². The summed E-state index contributed by atoms with van der Waals surface area (Å²) in [6.45, 7) is 0. The van der Waals surface area contributed by atoms with Crippen molar-refractivity contribution in [3.63, 3.8) is 0 Å². The van der Waals surface area contributed by atoms with Gasteiger partial charge in [-0.2, -0.15) is 5.26 Å². The van der Waals surface area contributed by atoms with E-state index >= 15 is 0 Å². The second-order valence-electron chi connectivity index (χ2n) is 3.77. The summed E-state index contributed by atoms with van der Waals surface area (Å²) < 4.78 is 1.61. The Balaban J connectivity index is 1.96. The zero-order chi connectivity index (χ0) is 14.4. The van der Waals surface area contributed by atoms with Crippen LogP contribution in [0.15, 0.2) is 35.7 Å². The van der Waals surface area contributed by atoms with Gasteiger partial charge < -0.3 is 0 Å². The fourth-order valence-electron chi connectivity index (χ4n) is 1.46. The average molecular weight is 324 g/mol. The van der Waals surface area contributed by atoms with E-state index in [1.165, 1.54) is 18.1 Å². The van der Waals surface area contributed by atoms with Crippen molar-refractivity contribution in [2.24, 2.45) is 0 Å². The number of aromatic nitrogens is 3. The van der Waals surface area contributed by atoms with E-state index in [4.69, 9.17) is 29.1 Å². The van der Waals surface area contributed by atoms with Crippen molar-refractivity contribution in [2.75, 3.05) is 11.2 Å². The number of hydrogen-bond donors (Lipinski definition) is 1. The molecule has 0 bridgehead atoms. The van der Waals surface area contributed by atoms with E-state index in [1.54, 1.807) is 4.68 Å². The average Bonchev–Trinajstić information content (AvgIpc) is 2.86. The fourth-order valence-corrected chi connectivity index (χ4v) is 2.38. The minimum Gasteiger partial charge on any atom is -0.284 e. The van der Waals surface area contributed by atoms with Crippen molar-refractivity contribution in [1.82, 2.24) is 14.9 Å². The maximum Gasteiger partial charge on any atom is 0.211 e. The van der Waals surface area contributed by atoms with Crippen LogP contribution in [0.25, 0.3) is 0 Å². The van der Waals surface area contributed by atoms with Gasteiger partial charge in [0.15, 0.2) is 0 Å². The minimum atomic E-state index is 0.310. The molecular weight excluding hydrogens is 314 g/mol. The Bertz CT molecular complexity index is 632. The topological polar surface area (TPSA) is 66.5 Å². The van der Waals surface area contributed by atoms with Crippen molar-refractivity contribution < 1.29 is 0 Å². The monoisotopic (exact) mass is 323 g/mol. The molecule has 0 atom stereocenters. The molecule has 2 rings (SSSR count). The Morgan fingerprint density at radius 2 is 2.20 bits per heavy atom. The fraction of sp³-hybridized carbons (Fsp3) is 0.167.